The standard InChI is InChI=1S/C16H14N2O2/c1-10-7-13-15(19)8-14(18-16(13)17-9-10)11-3-5-12(20-2)6-4-11/h3-7,9H,8H2,1-2H3. The van der Waals surface area contributed by atoms with Crippen LogP contribution in [0.3, 0.4) is 0 Å². The molecule has 0 aliphatic carbocycles. The van der Waals surface area contributed by atoms with Gasteiger partial charge in [0.1, 0.15) is 5.75 Å². The molecule has 0 bridgehead atoms. The zero-order valence-electron chi connectivity index (χ0n) is 11.4. The van der Waals surface area contributed by atoms with Crippen molar-refractivity contribution in [1.29, 1.82) is 0 Å². The Morgan fingerprint density at radius 2 is 1.95 bits per heavy atom. The first kappa shape index (κ1) is 12.5. The van der Waals surface area contributed by atoms with Crippen molar-refractivity contribution in [2.24, 2.45) is 4.99 Å². The largest absolute Gasteiger partial charge is 0.497 e. The Kier molecular flexibility index (Phi) is 3.06. The van der Waals surface area contributed by atoms with Crippen molar-refractivity contribution in [1.82, 2.24) is 4.98 Å². The second kappa shape index (κ2) is 4.89. The summed E-state index contributed by atoms with van der Waals surface area (Å²) in [6.45, 7) is 1.92. The molecule has 100 valence electrons. The number of nitrogens with zero attached hydrogens (tertiary/aromatic N) is 2. The third-order valence-electron chi connectivity index (χ3n) is 3.30. The molecule has 1 aliphatic heterocycles. The van der Waals surface area contributed by atoms with Crippen molar-refractivity contribution in [3.63, 3.8) is 0 Å². The van der Waals surface area contributed by atoms with E-state index in [1.165, 1.54) is 0 Å². The summed E-state index contributed by atoms with van der Waals surface area (Å²) in [4.78, 5) is 21.0. The number of hydrogen-bond donors (Lipinski definition) is 0. The fourth-order valence-corrected chi connectivity index (χ4v) is 2.22. The van der Waals surface area contributed by atoms with Gasteiger partial charge in [-0.1, -0.05) is 0 Å². The van der Waals surface area contributed by atoms with Gasteiger partial charge in [0.25, 0.3) is 0 Å². The van der Waals surface area contributed by atoms with Crippen molar-refractivity contribution in [2.45, 2.75) is 13.3 Å². The molecule has 4 nitrogen and oxygen atoms in total. The van der Waals surface area contributed by atoms with Gasteiger partial charge in [0, 0.05) is 6.20 Å². The maximum atomic E-state index is 12.2. The van der Waals surface area contributed by atoms with Gasteiger partial charge in [0.2, 0.25) is 0 Å². The van der Waals surface area contributed by atoms with Gasteiger partial charge in [-0.15, -0.1) is 0 Å². The smallest absolute Gasteiger partial charge is 0.172 e. The van der Waals surface area contributed by atoms with Crippen LogP contribution in [0.1, 0.15) is 27.9 Å². The Morgan fingerprint density at radius 3 is 2.65 bits per heavy atom. The molecular formula is C16H14N2O2. The lowest BCUT2D eigenvalue weighted by atomic mass is 9.97. The number of aromatic nitrogens is 1. The number of aryl methyl sites for hydroxylation is 1. The van der Waals surface area contributed by atoms with Crippen LogP contribution < -0.4 is 4.74 Å². The zero-order chi connectivity index (χ0) is 14.1. The summed E-state index contributed by atoms with van der Waals surface area (Å²) in [6, 6.07) is 9.38. The average Bonchev–Trinajstić information content (AvgIpc) is 2.48. The molecule has 2 heterocycles. The summed E-state index contributed by atoms with van der Waals surface area (Å²) in [7, 11) is 1.62. The molecule has 0 atom stereocenters. The number of Topliss-reactive ketones (excluding diaryl/α,β-unsaturated/α-hetero) is 1. The number of benzene rings is 1. The minimum absolute atomic E-state index is 0.0667. The van der Waals surface area contributed by atoms with Gasteiger partial charge in [0.05, 0.1) is 24.8 Å². The van der Waals surface area contributed by atoms with Crippen LogP contribution in [0.25, 0.3) is 0 Å². The Balaban J connectivity index is 2.03. The normalized spacial score (nSPS) is 13.7. The number of aliphatic imine (C=N–C) groups is 1. The summed E-state index contributed by atoms with van der Waals surface area (Å²) in [6.07, 6.45) is 2.04. The quantitative estimate of drug-likeness (QED) is 0.839. The van der Waals surface area contributed by atoms with Crippen molar-refractivity contribution < 1.29 is 9.53 Å². The third kappa shape index (κ3) is 2.20. The number of fused-ring (bicyclic) bond motifs is 1. The first-order valence-electron chi connectivity index (χ1n) is 6.39. The molecular weight excluding hydrogens is 252 g/mol. The highest BCUT2D eigenvalue weighted by Gasteiger charge is 2.22. The molecule has 0 saturated carbocycles. The van der Waals surface area contributed by atoms with E-state index in [0.29, 0.717) is 17.8 Å². The van der Waals surface area contributed by atoms with E-state index in [9.17, 15) is 4.79 Å². The van der Waals surface area contributed by atoms with E-state index in [-0.39, 0.29) is 5.78 Å². The van der Waals surface area contributed by atoms with Gasteiger partial charge in [0.15, 0.2) is 11.6 Å². The number of ketones is 1. The Hall–Kier alpha value is -2.49. The van der Waals surface area contributed by atoms with E-state index in [4.69, 9.17) is 4.74 Å². The van der Waals surface area contributed by atoms with Gasteiger partial charge in [-0.05, 0) is 48.4 Å². The minimum Gasteiger partial charge on any atom is -0.497 e. The summed E-state index contributed by atoms with van der Waals surface area (Å²) < 4.78 is 5.13. The first-order valence-corrected chi connectivity index (χ1v) is 6.39. The molecule has 0 unspecified atom stereocenters. The fourth-order valence-electron chi connectivity index (χ4n) is 2.22. The van der Waals surface area contributed by atoms with Crippen molar-refractivity contribution in [2.75, 3.05) is 7.11 Å². The maximum Gasteiger partial charge on any atom is 0.172 e. The molecule has 0 radical (unpaired) electrons. The number of pyridine rings is 1. The second-order valence-electron chi connectivity index (χ2n) is 4.77. The van der Waals surface area contributed by atoms with Crippen LogP contribution in [0, 0.1) is 6.92 Å². The molecule has 1 aromatic heterocycles. The molecule has 0 saturated heterocycles. The van der Waals surface area contributed by atoms with Gasteiger partial charge in [-0.2, -0.15) is 0 Å². The molecule has 1 aliphatic rings. The average molecular weight is 266 g/mol. The molecule has 0 fully saturated rings. The summed E-state index contributed by atoms with van der Waals surface area (Å²) in [5, 5.41) is 0. The molecule has 3 rings (SSSR count). The lowest BCUT2D eigenvalue weighted by Crippen LogP contribution is -2.15. The van der Waals surface area contributed by atoms with E-state index < -0.39 is 0 Å². The van der Waals surface area contributed by atoms with Gasteiger partial charge < -0.3 is 4.74 Å². The molecule has 20 heavy (non-hydrogen) atoms. The van der Waals surface area contributed by atoms with Crippen LogP contribution in [0.4, 0.5) is 5.82 Å². The molecule has 0 N–H and O–H groups in total. The molecule has 1 aromatic carbocycles. The molecule has 2 aromatic rings. The number of ether oxygens (including phenoxy) is 1. The van der Waals surface area contributed by atoms with Crippen LogP contribution in [-0.4, -0.2) is 23.6 Å². The number of carbonyl (C=O) groups is 1. The number of carbonyl (C=O) groups excluding carboxylic acids is 1. The topological polar surface area (TPSA) is 51.6 Å². The van der Waals surface area contributed by atoms with Crippen LogP contribution >= 0.6 is 0 Å². The van der Waals surface area contributed by atoms with Crippen LogP contribution in [0.2, 0.25) is 0 Å². The Bertz CT molecular complexity index is 703. The van der Waals surface area contributed by atoms with E-state index >= 15 is 0 Å². The van der Waals surface area contributed by atoms with Crippen molar-refractivity contribution >= 4 is 17.3 Å². The lowest BCUT2D eigenvalue weighted by molar-refractivity contribution is 0.0999. The number of rotatable bonds is 2. The second-order valence-corrected chi connectivity index (χ2v) is 4.77. The predicted molar refractivity (Wildman–Crippen MR) is 77.1 cm³/mol. The lowest BCUT2D eigenvalue weighted by Gasteiger charge is -2.14. The number of hydrogen-bond acceptors (Lipinski definition) is 4. The van der Waals surface area contributed by atoms with Crippen LogP contribution in [0.5, 0.6) is 5.75 Å². The van der Waals surface area contributed by atoms with Crippen LogP contribution in [-0.2, 0) is 0 Å². The highest BCUT2D eigenvalue weighted by molar-refractivity contribution is 6.20. The molecule has 0 spiro atoms. The minimum atomic E-state index is 0.0667. The predicted octanol–water partition coefficient (Wildman–Crippen LogP) is 3.11. The number of methoxy groups -OCH3 is 1. The summed E-state index contributed by atoms with van der Waals surface area (Å²) in [5.41, 5.74) is 3.26. The maximum absolute atomic E-state index is 12.2. The highest BCUT2D eigenvalue weighted by Crippen LogP contribution is 2.26. The van der Waals surface area contributed by atoms with E-state index in [1.807, 2.05) is 37.3 Å². The molecule has 4 heteroatoms. The Labute approximate surface area is 117 Å². The van der Waals surface area contributed by atoms with Gasteiger partial charge in [-0.3, -0.25) is 4.79 Å². The van der Waals surface area contributed by atoms with Gasteiger partial charge in [-0.25, -0.2) is 9.98 Å². The first-order chi connectivity index (χ1) is 9.67. The SMILES string of the molecule is COc1ccc(C2=Nc3ncc(C)cc3C(=O)C2)cc1. The zero-order valence-corrected chi connectivity index (χ0v) is 11.4. The van der Waals surface area contributed by atoms with Crippen LogP contribution in [0.15, 0.2) is 41.5 Å². The molecule has 0 amide bonds. The van der Waals surface area contributed by atoms with Crippen molar-refractivity contribution in [3.05, 3.63) is 53.2 Å². The third-order valence-corrected chi connectivity index (χ3v) is 3.30. The highest BCUT2D eigenvalue weighted by atomic mass is 16.5. The van der Waals surface area contributed by atoms with Gasteiger partial charge >= 0.3 is 0 Å². The van der Waals surface area contributed by atoms with Crippen molar-refractivity contribution in [3.8, 4) is 5.75 Å². The van der Waals surface area contributed by atoms with E-state index in [2.05, 4.69) is 9.98 Å². The summed E-state index contributed by atoms with van der Waals surface area (Å²) >= 11 is 0. The monoisotopic (exact) mass is 266 g/mol. The summed E-state index contributed by atoms with van der Waals surface area (Å²) in [5.74, 6) is 1.36. The van der Waals surface area contributed by atoms with E-state index in [0.717, 1.165) is 22.6 Å². The van der Waals surface area contributed by atoms with E-state index in [1.54, 1.807) is 13.3 Å². The fraction of sp³-hybridized carbons (Fsp3) is 0.188. The Morgan fingerprint density at radius 1 is 1.20 bits per heavy atom.